The van der Waals surface area contributed by atoms with E-state index in [4.69, 9.17) is 0 Å². The van der Waals surface area contributed by atoms with E-state index in [1.165, 1.54) is 11.3 Å². The summed E-state index contributed by atoms with van der Waals surface area (Å²) in [5, 5.41) is 6.67. The van der Waals surface area contributed by atoms with E-state index in [0.717, 1.165) is 18.7 Å². The predicted molar refractivity (Wildman–Crippen MR) is 82.6 cm³/mol. The number of aryl methyl sites for hydroxylation is 1. The molecule has 0 aliphatic carbocycles. The number of nitrogens with one attached hydrogen (secondary N) is 2. The highest BCUT2D eigenvalue weighted by Crippen LogP contribution is 2.20. The van der Waals surface area contributed by atoms with Gasteiger partial charge in [-0.15, -0.1) is 0 Å². The average molecular weight is 313 g/mol. The van der Waals surface area contributed by atoms with Crippen LogP contribution < -0.4 is 10.0 Å². The van der Waals surface area contributed by atoms with Crippen molar-refractivity contribution in [1.29, 1.82) is 0 Å². The van der Waals surface area contributed by atoms with E-state index in [1.54, 1.807) is 23.7 Å². The molecule has 0 aliphatic rings. The van der Waals surface area contributed by atoms with Crippen LogP contribution in [-0.2, 0) is 23.1 Å². The fraction of sp³-hybridized carbons (Fsp3) is 0.385. The Bertz CT molecular complexity index is 622. The van der Waals surface area contributed by atoms with E-state index in [0.29, 0.717) is 17.1 Å². The Morgan fingerprint density at radius 2 is 2.20 bits per heavy atom. The minimum atomic E-state index is -3.51. The van der Waals surface area contributed by atoms with Gasteiger partial charge in [0.2, 0.25) is 0 Å². The molecule has 7 heteroatoms. The second kappa shape index (κ2) is 6.43. The molecule has 0 atom stereocenters. The van der Waals surface area contributed by atoms with Gasteiger partial charge in [0.15, 0.2) is 0 Å². The summed E-state index contributed by atoms with van der Waals surface area (Å²) in [5.41, 5.74) is 1.58. The molecule has 5 nitrogen and oxygen atoms in total. The quantitative estimate of drug-likeness (QED) is 0.825. The summed E-state index contributed by atoms with van der Waals surface area (Å²) in [6.45, 7) is 3.53. The maximum atomic E-state index is 12.3. The Labute approximate surface area is 123 Å². The zero-order chi connectivity index (χ0) is 14.6. The van der Waals surface area contributed by atoms with Crippen molar-refractivity contribution in [2.75, 3.05) is 11.8 Å². The van der Waals surface area contributed by atoms with Crippen LogP contribution in [0.25, 0.3) is 0 Å². The number of anilines is 1. The Hall–Kier alpha value is -1.31. The van der Waals surface area contributed by atoms with Crippen molar-refractivity contribution in [2.45, 2.75) is 31.3 Å². The Morgan fingerprint density at radius 1 is 1.40 bits per heavy atom. The van der Waals surface area contributed by atoms with Crippen molar-refractivity contribution in [3.63, 3.8) is 0 Å². The van der Waals surface area contributed by atoms with Crippen LogP contribution in [0.15, 0.2) is 34.0 Å². The van der Waals surface area contributed by atoms with E-state index >= 15 is 0 Å². The van der Waals surface area contributed by atoms with E-state index in [-0.39, 0.29) is 0 Å². The number of thiophene rings is 1. The van der Waals surface area contributed by atoms with Gasteiger partial charge in [-0.1, -0.05) is 6.92 Å². The fourth-order valence-electron chi connectivity index (χ4n) is 1.99. The molecule has 0 bridgehead atoms. The SMILES string of the molecule is CCCn1cc(S(=O)(=O)Nc2ccsc2)cc1CNC. The second-order valence-corrected chi connectivity index (χ2v) is 6.97. The van der Waals surface area contributed by atoms with Gasteiger partial charge in [-0.3, -0.25) is 4.72 Å². The van der Waals surface area contributed by atoms with Crippen LogP contribution in [0.3, 0.4) is 0 Å². The van der Waals surface area contributed by atoms with Gasteiger partial charge in [0.05, 0.1) is 5.69 Å². The van der Waals surface area contributed by atoms with Gasteiger partial charge in [0.1, 0.15) is 4.90 Å². The van der Waals surface area contributed by atoms with E-state index in [9.17, 15) is 8.42 Å². The van der Waals surface area contributed by atoms with Crippen LogP contribution in [0.2, 0.25) is 0 Å². The van der Waals surface area contributed by atoms with Gasteiger partial charge >= 0.3 is 0 Å². The van der Waals surface area contributed by atoms with E-state index < -0.39 is 10.0 Å². The number of sulfonamides is 1. The topological polar surface area (TPSA) is 63.1 Å². The van der Waals surface area contributed by atoms with Crippen LogP contribution in [0, 0.1) is 0 Å². The average Bonchev–Trinajstić information content (AvgIpc) is 3.01. The third kappa shape index (κ3) is 3.41. The third-order valence-corrected chi connectivity index (χ3v) is 4.90. The molecule has 2 rings (SSSR count). The van der Waals surface area contributed by atoms with Crippen LogP contribution >= 0.6 is 11.3 Å². The highest BCUT2D eigenvalue weighted by molar-refractivity contribution is 7.92. The predicted octanol–water partition coefficient (Wildman–Crippen LogP) is 2.48. The molecule has 2 aromatic heterocycles. The first kappa shape index (κ1) is 15.1. The molecule has 0 spiro atoms. The van der Waals surface area contributed by atoms with Gasteiger partial charge < -0.3 is 9.88 Å². The Morgan fingerprint density at radius 3 is 2.80 bits per heavy atom. The van der Waals surface area contributed by atoms with Crippen LogP contribution in [-0.4, -0.2) is 20.0 Å². The zero-order valence-corrected chi connectivity index (χ0v) is 13.2. The maximum absolute atomic E-state index is 12.3. The lowest BCUT2D eigenvalue weighted by Gasteiger charge is -2.06. The highest BCUT2D eigenvalue weighted by Gasteiger charge is 2.18. The lowest BCUT2D eigenvalue weighted by atomic mass is 10.4. The molecule has 0 fully saturated rings. The summed E-state index contributed by atoms with van der Waals surface area (Å²) in [4.78, 5) is 0.308. The molecule has 0 aliphatic heterocycles. The molecule has 110 valence electrons. The van der Waals surface area contributed by atoms with Gasteiger partial charge in [-0.2, -0.15) is 11.3 Å². The fourth-order valence-corrected chi connectivity index (χ4v) is 3.76. The maximum Gasteiger partial charge on any atom is 0.263 e. The Balaban J connectivity index is 2.29. The standard InChI is InChI=1S/C13H19N3O2S2/c1-3-5-16-9-13(7-12(16)8-14-2)20(17,18)15-11-4-6-19-10-11/h4,6-7,9-10,14-15H,3,5,8H2,1-2H3. The number of hydrogen-bond donors (Lipinski definition) is 2. The minimum Gasteiger partial charge on any atom is -0.349 e. The van der Waals surface area contributed by atoms with Gasteiger partial charge in [-0.25, -0.2) is 8.42 Å². The molecule has 2 heterocycles. The summed E-state index contributed by atoms with van der Waals surface area (Å²) in [7, 11) is -1.67. The van der Waals surface area contributed by atoms with Gasteiger partial charge in [0, 0.05) is 30.4 Å². The first-order valence-corrected chi connectivity index (χ1v) is 8.88. The summed E-state index contributed by atoms with van der Waals surface area (Å²) in [5.74, 6) is 0. The van der Waals surface area contributed by atoms with E-state index in [1.807, 2.05) is 17.0 Å². The number of hydrogen-bond acceptors (Lipinski definition) is 4. The molecule has 0 unspecified atom stereocenters. The molecule has 0 radical (unpaired) electrons. The van der Waals surface area contributed by atoms with Crippen molar-refractivity contribution in [1.82, 2.24) is 9.88 Å². The summed E-state index contributed by atoms with van der Waals surface area (Å²) in [6.07, 6.45) is 2.66. The molecular weight excluding hydrogens is 294 g/mol. The molecule has 0 saturated carbocycles. The zero-order valence-electron chi connectivity index (χ0n) is 11.6. The normalized spacial score (nSPS) is 11.7. The largest absolute Gasteiger partial charge is 0.349 e. The van der Waals surface area contributed by atoms with Crippen molar-refractivity contribution >= 4 is 27.0 Å². The summed E-state index contributed by atoms with van der Waals surface area (Å²) in [6, 6.07) is 3.47. The van der Waals surface area contributed by atoms with E-state index in [2.05, 4.69) is 17.0 Å². The van der Waals surface area contributed by atoms with Crippen LogP contribution in [0.5, 0.6) is 0 Å². The van der Waals surface area contributed by atoms with Gasteiger partial charge in [0.25, 0.3) is 10.0 Å². The molecule has 2 aromatic rings. The summed E-state index contributed by atoms with van der Waals surface area (Å²) < 4.78 is 29.2. The summed E-state index contributed by atoms with van der Waals surface area (Å²) >= 11 is 1.46. The lowest BCUT2D eigenvalue weighted by molar-refractivity contribution is 0.599. The molecule has 2 N–H and O–H groups in total. The molecule has 0 amide bonds. The first-order chi connectivity index (χ1) is 9.56. The minimum absolute atomic E-state index is 0.308. The number of aromatic nitrogens is 1. The molecule has 20 heavy (non-hydrogen) atoms. The Kier molecular flexibility index (Phi) is 4.85. The molecule has 0 saturated heterocycles. The molecular formula is C13H19N3O2S2. The lowest BCUT2D eigenvalue weighted by Crippen LogP contribution is -2.11. The van der Waals surface area contributed by atoms with Crippen molar-refractivity contribution < 1.29 is 8.42 Å². The first-order valence-electron chi connectivity index (χ1n) is 6.45. The highest BCUT2D eigenvalue weighted by atomic mass is 32.2. The number of nitrogens with zero attached hydrogens (tertiary/aromatic N) is 1. The molecule has 0 aromatic carbocycles. The second-order valence-electron chi connectivity index (χ2n) is 4.51. The van der Waals surface area contributed by atoms with Crippen molar-refractivity contribution in [2.24, 2.45) is 0 Å². The monoisotopic (exact) mass is 313 g/mol. The number of rotatable bonds is 7. The van der Waals surface area contributed by atoms with Crippen LogP contribution in [0.4, 0.5) is 5.69 Å². The van der Waals surface area contributed by atoms with Crippen LogP contribution in [0.1, 0.15) is 19.0 Å². The third-order valence-electron chi connectivity index (χ3n) is 2.87. The van der Waals surface area contributed by atoms with Crippen molar-refractivity contribution in [3.05, 3.63) is 34.8 Å². The van der Waals surface area contributed by atoms with Crippen molar-refractivity contribution in [3.8, 4) is 0 Å². The smallest absolute Gasteiger partial charge is 0.263 e. The van der Waals surface area contributed by atoms with Gasteiger partial charge in [-0.05, 0) is 31.0 Å².